The van der Waals surface area contributed by atoms with Crippen molar-refractivity contribution in [2.45, 2.75) is 19.8 Å². The van der Waals surface area contributed by atoms with Crippen molar-refractivity contribution in [1.29, 1.82) is 0 Å². The summed E-state index contributed by atoms with van der Waals surface area (Å²) in [5, 5.41) is 11.5. The largest absolute Gasteiger partial charge is 0.497 e. The molecule has 2 aromatic carbocycles. The Labute approximate surface area is 157 Å². The summed E-state index contributed by atoms with van der Waals surface area (Å²) in [7, 11) is 1.62. The number of hydrogen-bond donors (Lipinski definition) is 2. The van der Waals surface area contributed by atoms with Gasteiger partial charge in [-0.25, -0.2) is 5.43 Å². The van der Waals surface area contributed by atoms with Gasteiger partial charge in [0.2, 0.25) is 0 Å². The fourth-order valence-electron chi connectivity index (χ4n) is 3.34. The van der Waals surface area contributed by atoms with Crippen molar-refractivity contribution in [3.05, 3.63) is 70.9 Å². The smallest absolute Gasteiger partial charge is 0.289 e. The number of aromatic amines is 1. The van der Waals surface area contributed by atoms with Crippen molar-refractivity contribution in [3.63, 3.8) is 0 Å². The highest BCUT2D eigenvalue weighted by Crippen LogP contribution is 2.33. The molecule has 1 aliphatic rings. The van der Waals surface area contributed by atoms with Gasteiger partial charge in [-0.3, -0.25) is 9.89 Å². The molecule has 0 radical (unpaired) electrons. The topological polar surface area (TPSA) is 79.4 Å². The Bertz CT molecular complexity index is 1020. The molecule has 6 nitrogen and oxygen atoms in total. The molecule has 6 heteroatoms. The van der Waals surface area contributed by atoms with Crippen LogP contribution in [0.4, 0.5) is 0 Å². The van der Waals surface area contributed by atoms with Gasteiger partial charge in [0.05, 0.1) is 18.5 Å². The number of ether oxygens (including phenoxy) is 1. The summed E-state index contributed by atoms with van der Waals surface area (Å²) in [6, 6.07) is 15.7. The Balaban J connectivity index is 1.54. The standard InChI is InChI=1S/C21H20N4O2/c1-13(14-7-10-16(27-2)11-8-14)22-25-21(26)20-18-12-9-15-5-3-4-6-17(15)19(18)23-24-20/h3-8,10-11H,9,12H2,1-2H3,(H,23,24)(H,25,26). The SMILES string of the molecule is COc1ccc(C(C)=NNC(=O)c2[nH]nc3c2CCc2ccccc2-3)cc1. The highest BCUT2D eigenvalue weighted by atomic mass is 16.5. The molecule has 2 N–H and O–H groups in total. The van der Waals surface area contributed by atoms with Crippen LogP contribution in [0.25, 0.3) is 11.3 Å². The van der Waals surface area contributed by atoms with E-state index in [4.69, 9.17) is 4.74 Å². The van der Waals surface area contributed by atoms with Gasteiger partial charge in [-0.05, 0) is 55.2 Å². The zero-order chi connectivity index (χ0) is 18.8. The monoisotopic (exact) mass is 360 g/mol. The maximum atomic E-state index is 12.6. The Morgan fingerprint density at radius 1 is 1.15 bits per heavy atom. The van der Waals surface area contributed by atoms with Gasteiger partial charge in [0.25, 0.3) is 5.91 Å². The van der Waals surface area contributed by atoms with E-state index in [-0.39, 0.29) is 5.91 Å². The first kappa shape index (κ1) is 17.0. The molecule has 27 heavy (non-hydrogen) atoms. The summed E-state index contributed by atoms with van der Waals surface area (Å²) in [6.07, 6.45) is 1.68. The van der Waals surface area contributed by atoms with Crippen molar-refractivity contribution >= 4 is 11.6 Å². The second kappa shape index (κ2) is 7.07. The van der Waals surface area contributed by atoms with Crippen LogP contribution in [-0.2, 0) is 12.8 Å². The van der Waals surface area contributed by atoms with E-state index in [1.165, 1.54) is 5.56 Å². The van der Waals surface area contributed by atoms with Crippen molar-refractivity contribution in [1.82, 2.24) is 15.6 Å². The molecular formula is C21H20N4O2. The summed E-state index contributed by atoms with van der Waals surface area (Å²) in [5.74, 6) is 0.496. The third kappa shape index (κ3) is 3.21. The molecule has 0 atom stereocenters. The van der Waals surface area contributed by atoms with Crippen molar-refractivity contribution in [3.8, 4) is 17.0 Å². The summed E-state index contributed by atoms with van der Waals surface area (Å²) >= 11 is 0. The van der Waals surface area contributed by atoms with Crippen LogP contribution in [0, 0.1) is 0 Å². The van der Waals surface area contributed by atoms with E-state index in [1.807, 2.05) is 49.4 Å². The molecule has 0 bridgehead atoms. The number of aryl methyl sites for hydroxylation is 1. The second-order valence-electron chi connectivity index (χ2n) is 6.45. The second-order valence-corrected chi connectivity index (χ2v) is 6.45. The number of benzene rings is 2. The lowest BCUT2D eigenvalue weighted by atomic mass is 9.89. The van der Waals surface area contributed by atoms with Crippen LogP contribution < -0.4 is 10.2 Å². The minimum Gasteiger partial charge on any atom is -0.497 e. The first-order valence-corrected chi connectivity index (χ1v) is 8.82. The average molecular weight is 360 g/mol. The fourth-order valence-corrected chi connectivity index (χ4v) is 3.34. The third-order valence-corrected chi connectivity index (χ3v) is 4.84. The normalized spacial score (nSPS) is 12.9. The van der Waals surface area contributed by atoms with Gasteiger partial charge >= 0.3 is 0 Å². The lowest BCUT2D eigenvalue weighted by Crippen LogP contribution is -2.21. The summed E-state index contributed by atoms with van der Waals surface area (Å²) in [6.45, 7) is 1.85. The van der Waals surface area contributed by atoms with Crippen molar-refractivity contribution < 1.29 is 9.53 Å². The number of nitrogens with one attached hydrogen (secondary N) is 2. The fraction of sp³-hybridized carbons (Fsp3) is 0.190. The summed E-state index contributed by atoms with van der Waals surface area (Å²) in [4.78, 5) is 12.6. The lowest BCUT2D eigenvalue weighted by Gasteiger charge is -2.15. The number of carbonyl (C=O) groups is 1. The highest BCUT2D eigenvalue weighted by Gasteiger charge is 2.24. The molecule has 1 amide bonds. The average Bonchev–Trinajstić information content (AvgIpc) is 3.16. The zero-order valence-electron chi connectivity index (χ0n) is 15.2. The van der Waals surface area contributed by atoms with E-state index in [2.05, 4.69) is 26.8 Å². The van der Waals surface area contributed by atoms with Crippen molar-refractivity contribution in [2.75, 3.05) is 7.11 Å². The molecule has 1 heterocycles. The molecule has 3 aromatic rings. The lowest BCUT2D eigenvalue weighted by molar-refractivity contribution is 0.0949. The maximum absolute atomic E-state index is 12.6. The molecular weight excluding hydrogens is 340 g/mol. The van der Waals surface area contributed by atoms with E-state index in [0.717, 1.165) is 41.0 Å². The predicted octanol–water partition coefficient (Wildman–Crippen LogP) is 3.34. The minimum atomic E-state index is -0.281. The van der Waals surface area contributed by atoms with Gasteiger partial charge in [-0.15, -0.1) is 0 Å². The molecule has 0 saturated carbocycles. The number of H-pyrrole nitrogens is 1. The number of amides is 1. The molecule has 1 aliphatic carbocycles. The molecule has 0 fully saturated rings. The quantitative estimate of drug-likeness (QED) is 0.553. The molecule has 1 aromatic heterocycles. The van der Waals surface area contributed by atoms with Crippen LogP contribution >= 0.6 is 0 Å². The number of fused-ring (bicyclic) bond motifs is 3. The van der Waals surface area contributed by atoms with Crippen LogP contribution in [0.15, 0.2) is 53.6 Å². The molecule has 0 unspecified atom stereocenters. The van der Waals surface area contributed by atoms with E-state index >= 15 is 0 Å². The van der Waals surface area contributed by atoms with Crippen LogP contribution in [0.1, 0.15) is 34.1 Å². The maximum Gasteiger partial charge on any atom is 0.289 e. The van der Waals surface area contributed by atoms with Gasteiger partial charge in [-0.1, -0.05) is 24.3 Å². The van der Waals surface area contributed by atoms with E-state index in [9.17, 15) is 4.79 Å². The van der Waals surface area contributed by atoms with Gasteiger partial charge in [-0.2, -0.15) is 10.2 Å². The van der Waals surface area contributed by atoms with Crippen LogP contribution in [-0.4, -0.2) is 28.9 Å². The third-order valence-electron chi connectivity index (χ3n) is 4.84. The Hall–Kier alpha value is -3.41. The number of aromatic nitrogens is 2. The number of hydrazone groups is 1. The van der Waals surface area contributed by atoms with Crippen molar-refractivity contribution in [2.24, 2.45) is 5.10 Å². The number of carbonyl (C=O) groups excluding carboxylic acids is 1. The van der Waals surface area contributed by atoms with E-state index in [1.54, 1.807) is 7.11 Å². The zero-order valence-corrected chi connectivity index (χ0v) is 15.2. The number of nitrogens with zero attached hydrogens (tertiary/aromatic N) is 2. The molecule has 136 valence electrons. The molecule has 0 spiro atoms. The minimum absolute atomic E-state index is 0.281. The van der Waals surface area contributed by atoms with Crippen LogP contribution in [0.5, 0.6) is 5.75 Å². The van der Waals surface area contributed by atoms with Gasteiger partial charge in [0.1, 0.15) is 11.4 Å². The Morgan fingerprint density at radius 3 is 2.70 bits per heavy atom. The van der Waals surface area contributed by atoms with Crippen LogP contribution in [0.2, 0.25) is 0 Å². The number of hydrogen-bond acceptors (Lipinski definition) is 4. The molecule has 4 rings (SSSR count). The van der Waals surface area contributed by atoms with Gasteiger partial charge < -0.3 is 4.74 Å². The van der Waals surface area contributed by atoms with Gasteiger partial charge in [0.15, 0.2) is 0 Å². The first-order valence-electron chi connectivity index (χ1n) is 8.82. The summed E-state index contributed by atoms with van der Waals surface area (Å²) in [5.41, 5.74) is 8.89. The predicted molar refractivity (Wildman–Crippen MR) is 104 cm³/mol. The highest BCUT2D eigenvalue weighted by molar-refractivity contribution is 6.01. The van der Waals surface area contributed by atoms with Gasteiger partial charge in [0, 0.05) is 11.1 Å². The Kier molecular flexibility index (Phi) is 4.46. The number of rotatable bonds is 4. The van der Waals surface area contributed by atoms with Crippen LogP contribution in [0.3, 0.4) is 0 Å². The number of methoxy groups -OCH3 is 1. The summed E-state index contributed by atoms with van der Waals surface area (Å²) < 4.78 is 5.15. The first-order chi connectivity index (χ1) is 13.2. The molecule has 0 saturated heterocycles. The Morgan fingerprint density at radius 2 is 1.93 bits per heavy atom. The molecule has 0 aliphatic heterocycles. The van der Waals surface area contributed by atoms with E-state index in [0.29, 0.717) is 11.4 Å². The van der Waals surface area contributed by atoms with E-state index < -0.39 is 0 Å².